The molecule has 0 saturated heterocycles. The Bertz CT molecular complexity index is 423. The molecule has 0 aromatic heterocycles. The van der Waals surface area contributed by atoms with E-state index in [4.69, 9.17) is 10.5 Å². The van der Waals surface area contributed by atoms with Gasteiger partial charge in [-0.25, -0.2) is 0 Å². The van der Waals surface area contributed by atoms with Crippen molar-refractivity contribution in [2.45, 2.75) is 52.0 Å². The zero-order valence-electron chi connectivity index (χ0n) is 12.0. The lowest BCUT2D eigenvalue weighted by molar-refractivity contribution is 0.0424. The number of nitrogens with two attached hydrogens (primary N) is 1. The highest BCUT2D eigenvalue weighted by molar-refractivity contribution is 5.42. The highest BCUT2D eigenvalue weighted by Crippen LogP contribution is 2.57. The van der Waals surface area contributed by atoms with Gasteiger partial charge in [-0.3, -0.25) is 0 Å². The lowest BCUT2D eigenvalue weighted by atomic mass is 9.52. The highest BCUT2D eigenvalue weighted by Gasteiger charge is 2.51. The Hall–Kier alpha value is -1.02. The van der Waals surface area contributed by atoms with Crippen molar-refractivity contribution < 1.29 is 4.74 Å². The molecule has 0 bridgehead atoms. The van der Waals surface area contributed by atoms with Gasteiger partial charge in [0, 0.05) is 6.04 Å². The summed E-state index contributed by atoms with van der Waals surface area (Å²) in [5.74, 6) is 1.57. The van der Waals surface area contributed by atoms with Gasteiger partial charge >= 0.3 is 0 Å². The molecule has 0 heterocycles. The molecule has 1 fully saturated rings. The lowest BCUT2D eigenvalue weighted by Gasteiger charge is -2.55. The second kappa shape index (κ2) is 4.93. The van der Waals surface area contributed by atoms with E-state index in [1.54, 1.807) is 7.11 Å². The fraction of sp³-hybridized carbons (Fsp3) is 0.625. The molecule has 0 radical (unpaired) electrons. The Labute approximate surface area is 111 Å². The summed E-state index contributed by atoms with van der Waals surface area (Å²) in [6.45, 7) is 6.66. The SMILES string of the molecule is CCC1(CC)C(N)CC1c1cc(C)ccc1OC. The third-order valence-corrected chi connectivity index (χ3v) is 5.00. The van der Waals surface area contributed by atoms with E-state index in [1.165, 1.54) is 11.1 Å². The van der Waals surface area contributed by atoms with Crippen LogP contribution in [0.15, 0.2) is 18.2 Å². The smallest absolute Gasteiger partial charge is 0.122 e. The molecule has 0 amide bonds. The molecule has 0 aliphatic heterocycles. The first-order valence-corrected chi connectivity index (χ1v) is 6.99. The lowest BCUT2D eigenvalue weighted by Crippen LogP contribution is -2.55. The summed E-state index contributed by atoms with van der Waals surface area (Å²) >= 11 is 0. The average molecular weight is 247 g/mol. The summed E-state index contributed by atoms with van der Waals surface area (Å²) in [6, 6.07) is 6.81. The number of hydrogen-bond acceptors (Lipinski definition) is 2. The van der Waals surface area contributed by atoms with Gasteiger partial charge in [0.2, 0.25) is 0 Å². The summed E-state index contributed by atoms with van der Waals surface area (Å²) < 4.78 is 5.53. The van der Waals surface area contributed by atoms with E-state index in [0.717, 1.165) is 25.0 Å². The molecule has 2 atom stereocenters. The quantitative estimate of drug-likeness (QED) is 0.882. The molecule has 2 N–H and O–H groups in total. The number of benzene rings is 1. The Kier molecular flexibility index (Phi) is 3.67. The van der Waals surface area contributed by atoms with Crippen LogP contribution in [0.5, 0.6) is 5.75 Å². The molecular formula is C16H25NO. The van der Waals surface area contributed by atoms with Crippen molar-refractivity contribution in [1.82, 2.24) is 0 Å². The van der Waals surface area contributed by atoms with E-state index in [1.807, 2.05) is 0 Å². The molecule has 1 aliphatic carbocycles. The van der Waals surface area contributed by atoms with Crippen LogP contribution in [-0.4, -0.2) is 13.2 Å². The molecule has 1 aliphatic rings. The molecule has 18 heavy (non-hydrogen) atoms. The second-order valence-electron chi connectivity index (χ2n) is 5.58. The second-order valence-corrected chi connectivity index (χ2v) is 5.58. The van der Waals surface area contributed by atoms with E-state index in [-0.39, 0.29) is 5.41 Å². The molecular weight excluding hydrogens is 222 g/mol. The standard InChI is InChI=1S/C16H25NO/c1-5-16(6-2)13(10-15(16)17)12-9-11(3)7-8-14(12)18-4/h7-9,13,15H,5-6,10,17H2,1-4H3. The van der Waals surface area contributed by atoms with Crippen molar-refractivity contribution in [2.75, 3.05) is 7.11 Å². The molecule has 2 heteroatoms. The van der Waals surface area contributed by atoms with Gasteiger partial charge in [0.25, 0.3) is 0 Å². The van der Waals surface area contributed by atoms with Gasteiger partial charge in [-0.2, -0.15) is 0 Å². The van der Waals surface area contributed by atoms with Crippen LogP contribution in [-0.2, 0) is 0 Å². The molecule has 100 valence electrons. The van der Waals surface area contributed by atoms with E-state index in [9.17, 15) is 0 Å². The van der Waals surface area contributed by atoms with Crippen LogP contribution in [0.4, 0.5) is 0 Å². The summed E-state index contributed by atoms with van der Waals surface area (Å²) in [5.41, 5.74) is 9.21. The first kappa shape index (κ1) is 13.4. The van der Waals surface area contributed by atoms with Crippen molar-refractivity contribution in [2.24, 2.45) is 11.1 Å². The fourth-order valence-electron chi connectivity index (χ4n) is 3.65. The number of aryl methyl sites for hydroxylation is 1. The summed E-state index contributed by atoms with van der Waals surface area (Å²) in [4.78, 5) is 0. The largest absolute Gasteiger partial charge is 0.496 e. The minimum absolute atomic E-state index is 0.265. The fourth-order valence-corrected chi connectivity index (χ4v) is 3.65. The van der Waals surface area contributed by atoms with Crippen LogP contribution in [0.3, 0.4) is 0 Å². The molecule has 2 unspecified atom stereocenters. The van der Waals surface area contributed by atoms with Crippen molar-refractivity contribution in [1.29, 1.82) is 0 Å². The van der Waals surface area contributed by atoms with Gasteiger partial charge in [0.15, 0.2) is 0 Å². The molecule has 1 aromatic carbocycles. The number of ether oxygens (including phenoxy) is 1. The first-order chi connectivity index (χ1) is 8.58. The van der Waals surface area contributed by atoms with Crippen LogP contribution < -0.4 is 10.5 Å². The third kappa shape index (κ3) is 1.83. The van der Waals surface area contributed by atoms with Gasteiger partial charge < -0.3 is 10.5 Å². The zero-order chi connectivity index (χ0) is 13.3. The molecule has 0 spiro atoms. The van der Waals surface area contributed by atoms with Crippen molar-refractivity contribution in [3.8, 4) is 5.75 Å². The van der Waals surface area contributed by atoms with Gasteiger partial charge in [0.05, 0.1) is 7.11 Å². The summed E-state index contributed by atoms with van der Waals surface area (Å²) in [5, 5.41) is 0. The maximum absolute atomic E-state index is 6.30. The Balaban J connectivity index is 2.40. The van der Waals surface area contributed by atoms with Crippen LogP contribution in [0.1, 0.15) is 50.2 Å². The Morgan fingerprint density at radius 1 is 1.33 bits per heavy atom. The summed E-state index contributed by atoms with van der Waals surface area (Å²) in [6.07, 6.45) is 3.38. The Morgan fingerprint density at radius 3 is 2.50 bits per heavy atom. The minimum atomic E-state index is 0.265. The number of methoxy groups -OCH3 is 1. The maximum atomic E-state index is 6.30. The third-order valence-electron chi connectivity index (χ3n) is 5.00. The average Bonchev–Trinajstić information content (AvgIpc) is 2.37. The summed E-state index contributed by atoms with van der Waals surface area (Å²) in [7, 11) is 1.76. The highest BCUT2D eigenvalue weighted by atomic mass is 16.5. The monoisotopic (exact) mass is 247 g/mol. The predicted molar refractivity (Wildman–Crippen MR) is 76.1 cm³/mol. The Morgan fingerprint density at radius 2 is 2.00 bits per heavy atom. The number of rotatable bonds is 4. The van der Waals surface area contributed by atoms with Crippen LogP contribution in [0.2, 0.25) is 0 Å². The van der Waals surface area contributed by atoms with Crippen molar-refractivity contribution >= 4 is 0 Å². The minimum Gasteiger partial charge on any atom is -0.496 e. The van der Waals surface area contributed by atoms with Crippen LogP contribution in [0.25, 0.3) is 0 Å². The normalized spacial score (nSPS) is 25.6. The molecule has 2 nitrogen and oxygen atoms in total. The van der Waals surface area contributed by atoms with E-state index in [2.05, 4.69) is 39.0 Å². The van der Waals surface area contributed by atoms with Crippen LogP contribution >= 0.6 is 0 Å². The van der Waals surface area contributed by atoms with E-state index < -0.39 is 0 Å². The van der Waals surface area contributed by atoms with Gasteiger partial charge in [0.1, 0.15) is 5.75 Å². The first-order valence-electron chi connectivity index (χ1n) is 6.99. The predicted octanol–water partition coefficient (Wildman–Crippen LogP) is 3.62. The van der Waals surface area contributed by atoms with Gasteiger partial charge in [-0.15, -0.1) is 0 Å². The van der Waals surface area contributed by atoms with E-state index in [0.29, 0.717) is 12.0 Å². The molecule has 1 saturated carbocycles. The molecule has 2 rings (SSSR count). The van der Waals surface area contributed by atoms with Crippen molar-refractivity contribution in [3.05, 3.63) is 29.3 Å². The maximum Gasteiger partial charge on any atom is 0.122 e. The van der Waals surface area contributed by atoms with Crippen molar-refractivity contribution in [3.63, 3.8) is 0 Å². The topological polar surface area (TPSA) is 35.2 Å². The number of hydrogen-bond donors (Lipinski definition) is 1. The van der Waals surface area contributed by atoms with Gasteiger partial charge in [-0.05, 0) is 49.1 Å². The zero-order valence-corrected chi connectivity index (χ0v) is 12.0. The molecule has 1 aromatic rings. The van der Waals surface area contributed by atoms with Crippen LogP contribution in [0, 0.1) is 12.3 Å². The van der Waals surface area contributed by atoms with Gasteiger partial charge in [-0.1, -0.05) is 31.5 Å². The van der Waals surface area contributed by atoms with E-state index >= 15 is 0 Å².